The molecule has 0 saturated heterocycles. The Bertz CT molecular complexity index is 665. The van der Waals surface area contributed by atoms with Crippen LogP contribution in [0.2, 0.25) is 0 Å². The van der Waals surface area contributed by atoms with E-state index >= 15 is 0 Å². The first-order chi connectivity index (χ1) is 11.5. The number of aryl methyl sites for hydroxylation is 1. The highest BCUT2D eigenvalue weighted by Gasteiger charge is 2.16. The highest BCUT2D eigenvalue weighted by atomic mass is 16.5. The summed E-state index contributed by atoms with van der Waals surface area (Å²) in [7, 11) is 1.65. The van der Waals surface area contributed by atoms with Crippen molar-refractivity contribution in [2.24, 2.45) is 5.92 Å². The molecule has 3 heteroatoms. The second-order valence-corrected chi connectivity index (χ2v) is 6.64. The lowest BCUT2D eigenvalue weighted by Gasteiger charge is -2.21. The Balaban J connectivity index is 2.07. The summed E-state index contributed by atoms with van der Waals surface area (Å²) in [5, 5.41) is 3.19. The SMILES string of the molecule is COc1cc(CC(=O)NC(CC(C)C)c2ccccc2)ccc1C. The third kappa shape index (κ3) is 5.12. The van der Waals surface area contributed by atoms with E-state index in [4.69, 9.17) is 4.74 Å². The van der Waals surface area contributed by atoms with E-state index in [1.807, 2.05) is 43.3 Å². The van der Waals surface area contributed by atoms with Crippen molar-refractivity contribution in [3.05, 3.63) is 65.2 Å². The van der Waals surface area contributed by atoms with Gasteiger partial charge in [0.2, 0.25) is 5.91 Å². The molecular weight excluding hydrogens is 298 g/mol. The fourth-order valence-electron chi connectivity index (χ4n) is 2.84. The van der Waals surface area contributed by atoms with Crippen molar-refractivity contribution in [2.75, 3.05) is 7.11 Å². The van der Waals surface area contributed by atoms with Crippen molar-refractivity contribution in [1.29, 1.82) is 0 Å². The Kier molecular flexibility index (Phi) is 6.42. The number of hydrogen-bond donors (Lipinski definition) is 1. The molecule has 0 heterocycles. The lowest BCUT2D eigenvalue weighted by molar-refractivity contribution is -0.121. The van der Waals surface area contributed by atoms with Gasteiger partial charge < -0.3 is 10.1 Å². The van der Waals surface area contributed by atoms with Crippen LogP contribution in [0.1, 0.15) is 43.0 Å². The topological polar surface area (TPSA) is 38.3 Å². The fraction of sp³-hybridized carbons (Fsp3) is 0.381. The molecule has 1 amide bonds. The van der Waals surface area contributed by atoms with E-state index in [-0.39, 0.29) is 11.9 Å². The second-order valence-electron chi connectivity index (χ2n) is 6.64. The van der Waals surface area contributed by atoms with Crippen LogP contribution in [0.4, 0.5) is 0 Å². The van der Waals surface area contributed by atoms with E-state index in [1.54, 1.807) is 7.11 Å². The molecular formula is C21H27NO2. The Labute approximate surface area is 145 Å². The lowest BCUT2D eigenvalue weighted by Crippen LogP contribution is -2.30. The molecule has 2 rings (SSSR count). The molecule has 2 aromatic carbocycles. The number of benzene rings is 2. The molecule has 0 aromatic heterocycles. The van der Waals surface area contributed by atoms with Crippen molar-refractivity contribution < 1.29 is 9.53 Å². The number of nitrogens with one attached hydrogen (secondary N) is 1. The molecule has 0 aliphatic carbocycles. The summed E-state index contributed by atoms with van der Waals surface area (Å²) in [5.74, 6) is 1.37. The predicted molar refractivity (Wildman–Crippen MR) is 98.2 cm³/mol. The number of methoxy groups -OCH3 is 1. The minimum atomic E-state index is 0.0374. The summed E-state index contributed by atoms with van der Waals surface area (Å²) < 4.78 is 5.34. The van der Waals surface area contributed by atoms with Crippen molar-refractivity contribution in [2.45, 2.75) is 39.7 Å². The average molecular weight is 325 g/mol. The third-order valence-corrected chi connectivity index (χ3v) is 4.08. The smallest absolute Gasteiger partial charge is 0.224 e. The lowest BCUT2D eigenvalue weighted by atomic mass is 9.96. The predicted octanol–water partition coefficient (Wildman–Crippen LogP) is 4.45. The van der Waals surface area contributed by atoms with E-state index < -0.39 is 0 Å². The van der Waals surface area contributed by atoms with Crippen LogP contribution in [0.3, 0.4) is 0 Å². The average Bonchev–Trinajstić information content (AvgIpc) is 2.56. The molecule has 0 aliphatic rings. The van der Waals surface area contributed by atoms with Crippen LogP contribution >= 0.6 is 0 Å². The van der Waals surface area contributed by atoms with Crippen molar-refractivity contribution >= 4 is 5.91 Å². The van der Waals surface area contributed by atoms with Crippen LogP contribution in [0.15, 0.2) is 48.5 Å². The van der Waals surface area contributed by atoms with E-state index in [1.165, 1.54) is 0 Å². The van der Waals surface area contributed by atoms with Gasteiger partial charge in [0, 0.05) is 0 Å². The summed E-state index contributed by atoms with van der Waals surface area (Å²) >= 11 is 0. The molecule has 1 atom stereocenters. The molecule has 24 heavy (non-hydrogen) atoms. The van der Waals surface area contributed by atoms with Crippen LogP contribution in [0.5, 0.6) is 5.75 Å². The van der Waals surface area contributed by atoms with Crippen molar-refractivity contribution in [1.82, 2.24) is 5.32 Å². The zero-order chi connectivity index (χ0) is 17.5. The van der Waals surface area contributed by atoms with Gasteiger partial charge >= 0.3 is 0 Å². The Morgan fingerprint density at radius 3 is 2.46 bits per heavy atom. The second kappa shape index (κ2) is 8.53. The van der Waals surface area contributed by atoms with E-state index in [0.717, 1.165) is 28.9 Å². The van der Waals surface area contributed by atoms with Gasteiger partial charge in [0.05, 0.1) is 19.6 Å². The van der Waals surface area contributed by atoms with Gasteiger partial charge in [0.25, 0.3) is 0 Å². The van der Waals surface area contributed by atoms with Gasteiger partial charge in [-0.1, -0.05) is 56.3 Å². The van der Waals surface area contributed by atoms with Gasteiger partial charge in [0.15, 0.2) is 0 Å². The molecule has 1 unspecified atom stereocenters. The molecule has 3 nitrogen and oxygen atoms in total. The molecule has 0 aliphatic heterocycles. The Morgan fingerprint density at radius 2 is 1.83 bits per heavy atom. The first kappa shape index (κ1) is 18.1. The summed E-state index contributed by atoms with van der Waals surface area (Å²) in [6.07, 6.45) is 1.28. The number of carbonyl (C=O) groups is 1. The molecule has 2 aromatic rings. The summed E-state index contributed by atoms with van der Waals surface area (Å²) in [4.78, 5) is 12.5. The summed E-state index contributed by atoms with van der Waals surface area (Å²) in [6.45, 7) is 6.34. The van der Waals surface area contributed by atoms with Crippen LogP contribution < -0.4 is 10.1 Å². The first-order valence-corrected chi connectivity index (χ1v) is 8.47. The molecule has 128 valence electrons. The van der Waals surface area contributed by atoms with Gasteiger partial charge in [-0.25, -0.2) is 0 Å². The quantitative estimate of drug-likeness (QED) is 0.817. The van der Waals surface area contributed by atoms with Gasteiger partial charge in [-0.2, -0.15) is 0 Å². The maximum Gasteiger partial charge on any atom is 0.224 e. The molecule has 0 saturated carbocycles. The van der Waals surface area contributed by atoms with E-state index in [2.05, 4.69) is 31.3 Å². The zero-order valence-corrected chi connectivity index (χ0v) is 15.0. The van der Waals surface area contributed by atoms with Gasteiger partial charge in [-0.15, -0.1) is 0 Å². The van der Waals surface area contributed by atoms with Crippen LogP contribution in [0.25, 0.3) is 0 Å². The molecule has 0 radical (unpaired) electrons. The van der Waals surface area contributed by atoms with Gasteiger partial charge in [-0.3, -0.25) is 4.79 Å². The Morgan fingerprint density at radius 1 is 1.12 bits per heavy atom. The summed E-state index contributed by atoms with van der Waals surface area (Å²) in [6, 6.07) is 16.1. The van der Waals surface area contributed by atoms with Gasteiger partial charge in [0.1, 0.15) is 5.75 Å². The van der Waals surface area contributed by atoms with Crippen LogP contribution in [-0.4, -0.2) is 13.0 Å². The molecule has 0 spiro atoms. The fourth-order valence-corrected chi connectivity index (χ4v) is 2.84. The number of carbonyl (C=O) groups excluding carboxylic acids is 1. The monoisotopic (exact) mass is 325 g/mol. The van der Waals surface area contributed by atoms with Gasteiger partial charge in [-0.05, 0) is 42.0 Å². The Hall–Kier alpha value is -2.29. The largest absolute Gasteiger partial charge is 0.496 e. The number of hydrogen-bond acceptors (Lipinski definition) is 2. The number of amides is 1. The molecule has 0 bridgehead atoms. The summed E-state index contributed by atoms with van der Waals surface area (Å²) in [5.41, 5.74) is 3.19. The number of ether oxygens (including phenoxy) is 1. The normalized spacial score (nSPS) is 12.0. The van der Waals surface area contributed by atoms with Crippen molar-refractivity contribution in [3.8, 4) is 5.75 Å². The van der Waals surface area contributed by atoms with Crippen molar-refractivity contribution in [3.63, 3.8) is 0 Å². The highest BCUT2D eigenvalue weighted by Crippen LogP contribution is 2.22. The zero-order valence-electron chi connectivity index (χ0n) is 15.0. The van der Waals surface area contributed by atoms with Crippen LogP contribution in [0, 0.1) is 12.8 Å². The molecule has 0 fully saturated rings. The number of rotatable bonds is 7. The maximum atomic E-state index is 12.5. The molecule has 1 N–H and O–H groups in total. The van der Waals surface area contributed by atoms with E-state index in [9.17, 15) is 4.79 Å². The van der Waals surface area contributed by atoms with E-state index in [0.29, 0.717) is 12.3 Å². The standard InChI is InChI=1S/C21H27NO2/c1-15(2)12-19(18-8-6-5-7-9-18)22-21(23)14-17-11-10-16(3)20(13-17)24-4/h5-11,13,15,19H,12,14H2,1-4H3,(H,22,23). The maximum absolute atomic E-state index is 12.5. The minimum absolute atomic E-state index is 0.0374. The minimum Gasteiger partial charge on any atom is -0.496 e. The first-order valence-electron chi connectivity index (χ1n) is 8.47. The van der Waals surface area contributed by atoms with Crippen LogP contribution in [-0.2, 0) is 11.2 Å². The highest BCUT2D eigenvalue weighted by molar-refractivity contribution is 5.79. The third-order valence-electron chi connectivity index (χ3n) is 4.08.